The van der Waals surface area contributed by atoms with Crippen LogP contribution in [0.15, 0.2) is 24.3 Å². The Hall–Kier alpha value is -1.55. The van der Waals surface area contributed by atoms with Gasteiger partial charge in [0.2, 0.25) is 5.91 Å². The molecule has 0 atom stereocenters. The van der Waals surface area contributed by atoms with Gasteiger partial charge in [-0.25, -0.2) is 0 Å². The van der Waals surface area contributed by atoms with Crippen LogP contribution in [-0.4, -0.2) is 43.1 Å². The van der Waals surface area contributed by atoms with Gasteiger partial charge in [-0.1, -0.05) is 12.1 Å². The summed E-state index contributed by atoms with van der Waals surface area (Å²) >= 11 is 0. The molecule has 1 fully saturated rings. The van der Waals surface area contributed by atoms with Crippen LogP contribution in [-0.2, 0) is 11.2 Å². The zero-order chi connectivity index (χ0) is 17.4. The standard InChI is InChI=1S/C20H32N2O2/c1-20(2,22-14-6-7-15-22)16-21-19(23)9-5-4-8-17-10-12-18(24-3)13-11-17/h10-13H,4-9,14-16H2,1-3H3,(H,21,23). The Bertz CT molecular complexity index is 505. The van der Waals surface area contributed by atoms with Crippen molar-refractivity contribution in [1.29, 1.82) is 0 Å². The molecule has 0 radical (unpaired) electrons. The van der Waals surface area contributed by atoms with Crippen molar-refractivity contribution in [3.8, 4) is 5.75 Å². The Morgan fingerprint density at radius 1 is 1.17 bits per heavy atom. The Labute approximate surface area is 146 Å². The maximum Gasteiger partial charge on any atom is 0.220 e. The normalized spacial score (nSPS) is 15.5. The number of hydrogen-bond donors (Lipinski definition) is 1. The van der Waals surface area contributed by atoms with Crippen molar-refractivity contribution in [2.75, 3.05) is 26.7 Å². The molecule has 1 aromatic rings. The molecule has 1 heterocycles. The van der Waals surface area contributed by atoms with Crippen molar-refractivity contribution >= 4 is 5.91 Å². The molecule has 1 aliphatic rings. The van der Waals surface area contributed by atoms with Crippen molar-refractivity contribution in [3.63, 3.8) is 0 Å². The minimum atomic E-state index is 0.0647. The molecule has 1 amide bonds. The van der Waals surface area contributed by atoms with Crippen LogP contribution in [0.2, 0.25) is 0 Å². The van der Waals surface area contributed by atoms with E-state index in [9.17, 15) is 4.79 Å². The lowest BCUT2D eigenvalue weighted by molar-refractivity contribution is -0.121. The van der Waals surface area contributed by atoms with Crippen LogP contribution in [0.3, 0.4) is 0 Å². The molecule has 1 aromatic carbocycles. The van der Waals surface area contributed by atoms with E-state index in [0.717, 1.165) is 44.6 Å². The Kier molecular flexibility index (Phi) is 7.10. The van der Waals surface area contributed by atoms with E-state index in [1.54, 1.807) is 7.11 Å². The van der Waals surface area contributed by atoms with Gasteiger partial charge in [0.25, 0.3) is 0 Å². The second-order valence-corrected chi connectivity index (χ2v) is 7.34. The maximum atomic E-state index is 12.1. The van der Waals surface area contributed by atoms with Crippen LogP contribution in [0.4, 0.5) is 0 Å². The molecule has 4 heteroatoms. The topological polar surface area (TPSA) is 41.6 Å². The third kappa shape index (κ3) is 5.82. The highest BCUT2D eigenvalue weighted by atomic mass is 16.5. The third-order valence-electron chi connectivity index (χ3n) is 4.96. The first-order valence-electron chi connectivity index (χ1n) is 9.16. The lowest BCUT2D eigenvalue weighted by atomic mass is 10.0. The average molecular weight is 332 g/mol. The highest BCUT2D eigenvalue weighted by Crippen LogP contribution is 2.20. The smallest absolute Gasteiger partial charge is 0.220 e. The second kappa shape index (κ2) is 9.07. The van der Waals surface area contributed by atoms with Gasteiger partial charge < -0.3 is 10.1 Å². The Balaban J connectivity index is 1.60. The summed E-state index contributed by atoms with van der Waals surface area (Å²) in [7, 11) is 1.68. The highest BCUT2D eigenvalue weighted by Gasteiger charge is 2.29. The number of hydrogen-bond acceptors (Lipinski definition) is 3. The van der Waals surface area contributed by atoms with Gasteiger partial charge in [-0.15, -0.1) is 0 Å². The number of carbonyl (C=O) groups is 1. The molecule has 1 saturated heterocycles. The summed E-state index contributed by atoms with van der Waals surface area (Å²) in [6, 6.07) is 8.17. The fraction of sp³-hybridized carbons (Fsp3) is 0.650. The summed E-state index contributed by atoms with van der Waals surface area (Å²) in [4.78, 5) is 14.5. The number of nitrogens with zero attached hydrogens (tertiary/aromatic N) is 1. The van der Waals surface area contributed by atoms with E-state index in [-0.39, 0.29) is 11.4 Å². The molecule has 1 N–H and O–H groups in total. The number of rotatable bonds is 9. The second-order valence-electron chi connectivity index (χ2n) is 7.34. The summed E-state index contributed by atoms with van der Waals surface area (Å²) in [5.74, 6) is 1.07. The van der Waals surface area contributed by atoms with Crippen LogP contribution in [0.1, 0.15) is 51.5 Å². The molecule has 0 aliphatic carbocycles. The van der Waals surface area contributed by atoms with Gasteiger partial charge in [-0.05, 0) is 76.7 Å². The number of carbonyl (C=O) groups excluding carboxylic acids is 1. The molecular weight excluding hydrogens is 300 g/mol. The molecule has 0 saturated carbocycles. The van der Waals surface area contributed by atoms with Gasteiger partial charge in [-0.3, -0.25) is 9.69 Å². The quantitative estimate of drug-likeness (QED) is 0.705. The van der Waals surface area contributed by atoms with E-state index in [1.165, 1.54) is 18.4 Å². The fourth-order valence-corrected chi connectivity index (χ4v) is 3.24. The van der Waals surface area contributed by atoms with Crippen LogP contribution in [0.5, 0.6) is 5.75 Å². The van der Waals surface area contributed by atoms with E-state index in [2.05, 4.69) is 36.2 Å². The number of aryl methyl sites for hydroxylation is 1. The van der Waals surface area contributed by atoms with Crippen molar-refractivity contribution < 1.29 is 9.53 Å². The van der Waals surface area contributed by atoms with Crippen LogP contribution < -0.4 is 10.1 Å². The van der Waals surface area contributed by atoms with Gasteiger partial charge in [0.05, 0.1) is 7.11 Å². The van der Waals surface area contributed by atoms with Crippen LogP contribution in [0, 0.1) is 0 Å². The lowest BCUT2D eigenvalue weighted by Crippen LogP contribution is -2.50. The molecule has 0 spiro atoms. The molecular formula is C20H32N2O2. The maximum absolute atomic E-state index is 12.1. The Morgan fingerprint density at radius 3 is 2.46 bits per heavy atom. The molecule has 0 unspecified atom stereocenters. The van der Waals surface area contributed by atoms with Gasteiger partial charge in [0.15, 0.2) is 0 Å². The number of amides is 1. The van der Waals surface area contributed by atoms with Gasteiger partial charge >= 0.3 is 0 Å². The largest absolute Gasteiger partial charge is 0.497 e. The van der Waals surface area contributed by atoms with E-state index >= 15 is 0 Å². The first-order chi connectivity index (χ1) is 11.5. The molecule has 0 aromatic heterocycles. The number of benzene rings is 1. The molecule has 4 nitrogen and oxygen atoms in total. The van der Waals surface area contributed by atoms with Crippen LogP contribution in [0.25, 0.3) is 0 Å². The summed E-state index contributed by atoms with van der Waals surface area (Å²) in [6.45, 7) is 7.50. The van der Waals surface area contributed by atoms with E-state index in [4.69, 9.17) is 4.74 Å². The average Bonchev–Trinajstić information content (AvgIpc) is 3.13. The summed E-state index contributed by atoms with van der Waals surface area (Å²) in [5.41, 5.74) is 1.36. The van der Waals surface area contributed by atoms with Gasteiger partial charge in [-0.2, -0.15) is 0 Å². The molecule has 2 rings (SSSR count). The highest BCUT2D eigenvalue weighted by molar-refractivity contribution is 5.75. The summed E-state index contributed by atoms with van der Waals surface area (Å²) < 4.78 is 5.16. The number of unbranched alkanes of at least 4 members (excludes halogenated alkanes) is 1. The third-order valence-corrected chi connectivity index (χ3v) is 4.96. The molecule has 0 bridgehead atoms. The summed E-state index contributed by atoms with van der Waals surface area (Å²) in [5, 5.41) is 3.12. The zero-order valence-corrected chi connectivity index (χ0v) is 15.4. The zero-order valence-electron chi connectivity index (χ0n) is 15.4. The van der Waals surface area contributed by atoms with Gasteiger partial charge in [0, 0.05) is 18.5 Å². The number of likely N-dealkylation sites (tertiary alicyclic amines) is 1. The number of methoxy groups -OCH3 is 1. The summed E-state index contributed by atoms with van der Waals surface area (Å²) in [6.07, 6.45) is 6.16. The van der Waals surface area contributed by atoms with E-state index < -0.39 is 0 Å². The van der Waals surface area contributed by atoms with Crippen molar-refractivity contribution in [2.45, 2.75) is 57.9 Å². The number of ether oxygens (including phenoxy) is 1. The van der Waals surface area contributed by atoms with E-state index in [0.29, 0.717) is 6.42 Å². The fourth-order valence-electron chi connectivity index (χ4n) is 3.24. The van der Waals surface area contributed by atoms with Crippen molar-refractivity contribution in [1.82, 2.24) is 10.2 Å². The monoisotopic (exact) mass is 332 g/mol. The van der Waals surface area contributed by atoms with Crippen molar-refractivity contribution in [3.05, 3.63) is 29.8 Å². The first kappa shape index (κ1) is 18.8. The first-order valence-corrected chi connectivity index (χ1v) is 9.16. The van der Waals surface area contributed by atoms with Crippen molar-refractivity contribution in [2.24, 2.45) is 0 Å². The number of nitrogens with one attached hydrogen (secondary N) is 1. The predicted octanol–water partition coefficient (Wildman–Crippen LogP) is 3.40. The molecule has 134 valence electrons. The molecule has 1 aliphatic heterocycles. The molecule has 24 heavy (non-hydrogen) atoms. The van der Waals surface area contributed by atoms with Gasteiger partial charge in [0.1, 0.15) is 5.75 Å². The minimum absolute atomic E-state index is 0.0647. The predicted molar refractivity (Wildman–Crippen MR) is 98.4 cm³/mol. The minimum Gasteiger partial charge on any atom is -0.497 e. The van der Waals surface area contributed by atoms with Crippen LogP contribution >= 0.6 is 0 Å². The lowest BCUT2D eigenvalue weighted by Gasteiger charge is -2.35. The SMILES string of the molecule is COc1ccc(CCCCC(=O)NCC(C)(C)N2CCCC2)cc1. The van der Waals surface area contributed by atoms with E-state index in [1.807, 2.05) is 12.1 Å². The Morgan fingerprint density at radius 2 is 1.83 bits per heavy atom.